The van der Waals surface area contributed by atoms with E-state index < -0.39 is 18.4 Å². The molecule has 2 aromatic carbocycles. The minimum Gasteiger partial charge on any atom is -0.324 e. The lowest BCUT2D eigenvalue weighted by Gasteiger charge is -2.10. The number of nitrogens with one attached hydrogen (secondary N) is 1. The Kier molecular flexibility index (Phi) is 5.64. The first kappa shape index (κ1) is 22.5. The third-order valence-electron chi connectivity index (χ3n) is 5.35. The fraction of sp³-hybridized carbons (Fsp3) is 0.120. The van der Waals surface area contributed by atoms with E-state index in [1.54, 1.807) is 24.3 Å². The summed E-state index contributed by atoms with van der Waals surface area (Å²) in [6, 6.07) is 17.1. The molecule has 0 aliphatic heterocycles. The van der Waals surface area contributed by atoms with Crippen molar-refractivity contribution in [3.63, 3.8) is 0 Å². The normalized spacial score (nSPS) is 11.7. The smallest absolute Gasteiger partial charge is 0.324 e. The number of hydrogen-bond donors (Lipinski definition) is 1. The summed E-state index contributed by atoms with van der Waals surface area (Å²) in [6.07, 6.45) is -2.96. The van der Waals surface area contributed by atoms with Gasteiger partial charge in [-0.05, 0) is 55.0 Å². The minimum absolute atomic E-state index is 0.115. The number of rotatable bonds is 5. The maximum absolute atomic E-state index is 13.3. The SMILES string of the molecule is Cc1ccc2c(-c3ccnc(Nc4cccc(C(F)(F)F)c4)n3)c(-c3cccc(CF)c3)nn2n1. The van der Waals surface area contributed by atoms with Crippen LogP contribution in [0.25, 0.3) is 28.0 Å². The van der Waals surface area contributed by atoms with Gasteiger partial charge in [0, 0.05) is 17.4 Å². The molecule has 3 aromatic heterocycles. The van der Waals surface area contributed by atoms with Crippen LogP contribution in [0.5, 0.6) is 0 Å². The second kappa shape index (κ2) is 8.79. The number of anilines is 2. The van der Waals surface area contributed by atoms with Gasteiger partial charge >= 0.3 is 6.18 Å². The minimum atomic E-state index is -4.47. The first-order valence-electron chi connectivity index (χ1n) is 10.6. The largest absolute Gasteiger partial charge is 0.416 e. The van der Waals surface area contributed by atoms with E-state index in [1.807, 2.05) is 25.1 Å². The average molecular weight is 478 g/mol. The molecule has 0 aliphatic rings. The molecule has 0 atom stereocenters. The van der Waals surface area contributed by atoms with Crippen LogP contribution in [0.2, 0.25) is 0 Å². The number of aryl methyl sites for hydroxylation is 1. The van der Waals surface area contributed by atoms with Crippen LogP contribution >= 0.6 is 0 Å². The van der Waals surface area contributed by atoms with Crippen molar-refractivity contribution in [2.24, 2.45) is 0 Å². The highest BCUT2D eigenvalue weighted by molar-refractivity contribution is 5.90. The van der Waals surface area contributed by atoms with Crippen LogP contribution in [0.1, 0.15) is 16.8 Å². The molecule has 5 aromatic rings. The average Bonchev–Trinajstić information content (AvgIpc) is 3.22. The van der Waals surface area contributed by atoms with E-state index in [0.717, 1.165) is 17.8 Å². The summed E-state index contributed by atoms with van der Waals surface area (Å²) in [4.78, 5) is 8.71. The highest BCUT2D eigenvalue weighted by Crippen LogP contribution is 2.35. The fourth-order valence-corrected chi connectivity index (χ4v) is 3.75. The highest BCUT2D eigenvalue weighted by Gasteiger charge is 2.30. The summed E-state index contributed by atoms with van der Waals surface area (Å²) >= 11 is 0. The highest BCUT2D eigenvalue weighted by atomic mass is 19.4. The Morgan fingerprint density at radius 3 is 2.57 bits per heavy atom. The van der Waals surface area contributed by atoms with Gasteiger partial charge in [0.05, 0.1) is 28.0 Å². The monoisotopic (exact) mass is 478 g/mol. The topological polar surface area (TPSA) is 68.0 Å². The summed E-state index contributed by atoms with van der Waals surface area (Å²) in [5, 5.41) is 11.9. The van der Waals surface area contributed by atoms with Gasteiger partial charge < -0.3 is 5.32 Å². The van der Waals surface area contributed by atoms with E-state index in [4.69, 9.17) is 0 Å². The van der Waals surface area contributed by atoms with Crippen LogP contribution in [-0.2, 0) is 12.9 Å². The molecular formula is C25H18F4N6. The van der Waals surface area contributed by atoms with Crippen molar-refractivity contribution < 1.29 is 17.6 Å². The van der Waals surface area contributed by atoms with Gasteiger partial charge in [-0.15, -0.1) is 5.10 Å². The van der Waals surface area contributed by atoms with Crippen molar-refractivity contribution in [3.05, 3.63) is 89.7 Å². The summed E-state index contributed by atoms with van der Waals surface area (Å²) < 4.78 is 54.1. The van der Waals surface area contributed by atoms with Crippen LogP contribution < -0.4 is 5.32 Å². The molecule has 6 nitrogen and oxygen atoms in total. The van der Waals surface area contributed by atoms with Crippen LogP contribution in [0.4, 0.5) is 29.2 Å². The van der Waals surface area contributed by atoms with Gasteiger partial charge in [-0.1, -0.05) is 24.3 Å². The molecule has 35 heavy (non-hydrogen) atoms. The van der Waals surface area contributed by atoms with Crippen molar-refractivity contribution >= 4 is 17.2 Å². The number of benzene rings is 2. The van der Waals surface area contributed by atoms with Crippen molar-refractivity contribution in [2.45, 2.75) is 19.8 Å². The van der Waals surface area contributed by atoms with Crippen LogP contribution in [0.15, 0.2) is 72.9 Å². The Balaban J connectivity index is 1.61. The fourth-order valence-electron chi connectivity index (χ4n) is 3.75. The van der Waals surface area contributed by atoms with Gasteiger partial charge in [0.15, 0.2) is 0 Å². The van der Waals surface area contributed by atoms with Crippen molar-refractivity contribution in [3.8, 4) is 22.5 Å². The van der Waals surface area contributed by atoms with Crippen LogP contribution in [-0.4, -0.2) is 24.8 Å². The zero-order valence-corrected chi connectivity index (χ0v) is 18.4. The molecule has 5 rings (SSSR count). The first-order chi connectivity index (χ1) is 16.8. The third kappa shape index (κ3) is 4.54. The number of hydrogen-bond acceptors (Lipinski definition) is 5. The molecule has 0 radical (unpaired) electrons. The lowest BCUT2D eigenvalue weighted by molar-refractivity contribution is -0.137. The van der Waals surface area contributed by atoms with Gasteiger partial charge in [-0.25, -0.2) is 14.4 Å². The second-order valence-electron chi connectivity index (χ2n) is 7.88. The van der Waals surface area contributed by atoms with E-state index >= 15 is 0 Å². The van der Waals surface area contributed by atoms with Gasteiger partial charge in [-0.3, -0.25) is 0 Å². The Morgan fingerprint density at radius 2 is 1.77 bits per heavy atom. The summed E-state index contributed by atoms with van der Waals surface area (Å²) in [5.74, 6) is 0.115. The number of fused-ring (bicyclic) bond motifs is 1. The molecule has 0 aliphatic carbocycles. The number of aromatic nitrogens is 5. The molecule has 0 spiro atoms. The van der Waals surface area contributed by atoms with E-state index in [-0.39, 0.29) is 11.6 Å². The Hall–Kier alpha value is -4.34. The summed E-state index contributed by atoms with van der Waals surface area (Å²) in [7, 11) is 0. The predicted molar refractivity (Wildman–Crippen MR) is 124 cm³/mol. The van der Waals surface area contributed by atoms with Crippen molar-refractivity contribution in [1.82, 2.24) is 24.8 Å². The molecule has 0 amide bonds. The number of nitrogens with zero attached hydrogens (tertiary/aromatic N) is 5. The second-order valence-corrected chi connectivity index (χ2v) is 7.88. The Morgan fingerprint density at radius 1 is 0.943 bits per heavy atom. The summed E-state index contributed by atoms with van der Waals surface area (Å²) in [6.45, 7) is 1.22. The Labute approximate surface area is 197 Å². The maximum atomic E-state index is 13.3. The molecule has 3 heterocycles. The van der Waals surface area contributed by atoms with Gasteiger partial charge in [0.2, 0.25) is 5.95 Å². The quantitative estimate of drug-likeness (QED) is 0.296. The summed E-state index contributed by atoms with van der Waals surface area (Å²) in [5.41, 5.74) is 3.70. The molecule has 10 heteroatoms. The van der Waals surface area contributed by atoms with Crippen LogP contribution in [0, 0.1) is 6.92 Å². The van der Waals surface area contributed by atoms with Gasteiger partial charge in [0.1, 0.15) is 12.4 Å². The number of alkyl halides is 4. The standard InChI is InChI=1S/C25H18F4N6/c1-15-8-9-21-22(23(34-35(21)33-15)17-5-2-4-16(12-17)14-26)20-10-11-30-24(32-20)31-19-7-3-6-18(13-19)25(27,28)29/h2-13H,14H2,1H3,(H,30,31,32). The molecular weight excluding hydrogens is 460 g/mol. The van der Waals surface area contributed by atoms with E-state index in [1.165, 1.54) is 23.0 Å². The molecule has 0 fully saturated rings. The molecule has 176 valence electrons. The lowest BCUT2D eigenvalue weighted by atomic mass is 10.0. The first-order valence-corrected chi connectivity index (χ1v) is 10.6. The van der Waals surface area contributed by atoms with Crippen molar-refractivity contribution in [2.75, 3.05) is 5.32 Å². The molecule has 0 unspecified atom stereocenters. The maximum Gasteiger partial charge on any atom is 0.416 e. The van der Waals surface area contributed by atoms with Gasteiger partial charge in [0.25, 0.3) is 0 Å². The van der Waals surface area contributed by atoms with E-state index in [0.29, 0.717) is 33.6 Å². The molecule has 1 N–H and O–H groups in total. The van der Waals surface area contributed by atoms with Crippen LogP contribution in [0.3, 0.4) is 0 Å². The molecule has 0 saturated heterocycles. The van der Waals surface area contributed by atoms with E-state index in [2.05, 4.69) is 25.5 Å². The van der Waals surface area contributed by atoms with Crippen molar-refractivity contribution in [1.29, 1.82) is 0 Å². The molecule has 0 saturated carbocycles. The third-order valence-corrected chi connectivity index (χ3v) is 5.35. The van der Waals surface area contributed by atoms with E-state index in [9.17, 15) is 17.6 Å². The lowest BCUT2D eigenvalue weighted by Crippen LogP contribution is -2.05. The zero-order chi connectivity index (χ0) is 24.6. The zero-order valence-electron chi connectivity index (χ0n) is 18.4. The Bertz CT molecular complexity index is 1530. The number of halogens is 4. The van der Waals surface area contributed by atoms with Gasteiger partial charge in [-0.2, -0.15) is 22.9 Å². The predicted octanol–water partition coefficient (Wildman–Crippen LogP) is 6.39. The molecule has 0 bridgehead atoms.